The average Bonchev–Trinajstić information content (AvgIpc) is 2.17. The summed E-state index contributed by atoms with van der Waals surface area (Å²) in [6, 6.07) is 10.5. The van der Waals surface area contributed by atoms with E-state index in [4.69, 9.17) is 0 Å². The molecule has 0 spiro atoms. The topological polar surface area (TPSA) is 0 Å². The van der Waals surface area contributed by atoms with Gasteiger partial charge in [-0.1, -0.05) is 70.6 Å². The number of hydrogen-bond donors (Lipinski definition) is 0. The Balaban J connectivity index is 2.56. The van der Waals surface area contributed by atoms with Gasteiger partial charge in [0.15, 0.2) is 0 Å². The van der Waals surface area contributed by atoms with Crippen LogP contribution in [-0.2, 0) is 6.42 Å². The molecule has 0 nitrogen and oxygen atoms in total. The van der Waals surface area contributed by atoms with E-state index in [1.54, 1.807) is 0 Å². The summed E-state index contributed by atoms with van der Waals surface area (Å²) in [5.74, 6) is 0. The predicted octanol–water partition coefficient (Wildman–Crippen LogP) is 4.12. The Morgan fingerprint density at radius 2 is 2.00 bits per heavy atom. The van der Waals surface area contributed by atoms with Crippen LogP contribution in [0.5, 0.6) is 0 Å². The van der Waals surface area contributed by atoms with Crippen molar-refractivity contribution in [2.24, 2.45) is 0 Å². The van der Waals surface area contributed by atoms with Crippen LogP contribution in [-0.4, -0.2) is 0 Å². The lowest BCUT2D eigenvalue weighted by molar-refractivity contribution is 1.24. The van der Waals surface area contributed by atoms with Gasteiger partial charge in [0.1, 0.15) is 0 Å². The van der Waals surface area contributed by atoms with Crippen molar-refractivity contribution in [2.45, 2.75) is 13.3 Å². The molecule has 0 aliphatic heterocycles. The molecule has 0 aliphatic rings. The molecule has 0 amide bonds. The summed E-state index contributed by atoms with van der Waals surface area (Å²) in [7, 11) is 0. The highest BCUT2D eigenvalue weighted by molar-refractivity contribution is 14.1. The van der Waals surface area contributed by atoms with Gasteiger partial charge in [-0.15, -0.1) is 0 Å². The van der Waals surface area contributed by atoms with Gasteiger partial charge >= 0.3 is 0 Å². The zero-order valence-electron chi connectivity index (χ0n) is 7.70. The van der Waals surface area contributed by atoms with Crippen LogP contribution in [0.4, 0.5) is 0 Å². The Morgan fingerprint density at radius 1 is 1.31 bits per heavy atom. The molecular formula is C12H13I. The minimum atomic E-state index is 1.02. The molecule has 0 bridgehead atoms. The molecule has 0 fully saturated rings. The minimum Gasteiger partial charge on any atom is -0.0772 e. The number of hydrogen-bond acceptors (Lipinski definition) is 0. The van der Waals surface area contributed by atoms with E-state index in [9.17, 15) is 0 Å². The number of allylic oxidation sites excluding steroid dienone is 3. The lowest BCUT2D eigenvalue weighted by Crippen LogP contribution is -1.79. The third kappa shape index (κ3) is 4.27. The molecule has 0 unspecified atom stereocenters. The molecule has 13 heavy (non-hydrogen) atoms. The van der Waals surface area contributed by atoms with Crippen LogP contribution in [0, 0.1) is 0 Å². The van der Waals surface area contributed by atoms with Crippen molar-refractivity contribution in [3.63, 3.8) is 0 Å². The molecule has 1 heteroatoms. The van der Waals surface area contributed by atoms with Gasteiger partial charge < -0.3 is 0 Å². The highest BCUT2D eigenvalue weighted by Gasteiger charge is 1.87. The monoisotopic (exact) mass is 284 g/mol. The van der Waals surface area contributed by atoms with Crippen LogP contribution in [0.3, 0.4) is 0 Å². The SMILES string of the molecule is CC(/C=C\I)=C\Cc1ccccc1. The zero-order chi connectivity index (χ0) is 9.52. The fraction of sp³-hybridized carbons (Fsp3) is 0.167. The van der Waals surface area contributed by atoms with Crippen molar-refractivity contribution < 1.29 is 0 Å². The zero-order valence-corrected chi connectivity index (χ0v) is 9.86. The lowest BCUT2D eigenvalue weighted by atomic mass is 10.1. The maximum Gasteiger partial charge on any atom is -0.00917 e. The largest absolute Gasteiger partial charge is 0.0772 e. The molecule has 0 atom stereocenters. The number of halogens is 1. The van der Waals surface area contributed by atoms with Crippen molar-refractivity contribution in [3.8, 4) is 0 Å². The Labute approximate surface area is 93.5 Å². The summed E-state index contributed by atoms with van der Waals surface area (Å²) >= 11 is 2.24. The standard InChI is InChI=1S/C12H13I/c1-11(9-10-13)7-8-12-5-3-2-4-6-12/h2-7,9-10H,8H2,1H3/b10-9-,11-7+. The lowest BCUT2D eigenvalue weighted by Gasteiger charge is -1.95. The first kappa shape index (κ1) is 10.5. The summed E-state index contributed by atoms with van der Waals surface area (Å²) in [5.41, 5.74) is 2.68. The van der Waals surface area contributed by atoms with Crippen LogP contribution >= 0.6 is 22.6 Å². The van der Waals surface area contributed by atoms with Gasteiger partial charge in [-0.25, -0.2) is 0 Å². The number of benzene rings is 1. The fourth-order valence-electron chi connectivity index (χ4n) is 1.06. The average molecular weight is 284 g/mol. The quantitative estimate of drug-likeness (QED) is 0.578. The molecule has 68 valence electrons. The molecule has 0 aliphatic carbocycles. The first-order valence-electron chi connectivity index (χ1n) is 4.30. The van der Waals surface area contributed by atoms with Gasteiger partial charge in [0.2, 0.25) is 0 Å². The molecule has 0 aromatic heterocycles. The summed E-state index contributed by atoms with van der Waals surface area (Å²) in [5, 5.41) is 0. The highest BCUT2D eigenvalue weighted by atomic mass is 127. The molecular weight excluding hydrogens is 271 g/mol. The smallest absolute Gasteiger partial charge is 0.00917 e. The van der Waals surface area contributed by atoms with Crippen molar-refractivity contribution >= 4 is 22.6 Å². The van der Waals surface area contributed by atoms with E-state index < -0.39 is 0 Å². The third-order valence-corrected chi connectivity index (χ3v) is 2.19. The van der Waals surface area contributed by atoms with Crippen molar-refractivity contribution in [2.75, 3.05) is 0 Å². The van der Waals surface area contributed by atoms with Crippen molar-refractivity contribution in [1.29, 1.82) is 0 Å². The molecule has 0 saturated heterocycles. The predicted molar refractivity (Wildman–Crippen MR) is 67.1 cm³/mol. The Morgan fingerprint density at radius 3 is 2.62 bits per heavy atom. The molecule has 0 N–H and O–H groups in total. The van der Waals surface area contributed by atoms with Crippen LogP contribution < -0.4 is 0 Å². The second kappa shape index (κ2) is 5.97. The molecule has 0 heterocycles. The van der Waals surface area contributed by atoms with Gasteiger partial charge in [0, 0.05) is 0 Å². The first-order valence-corrected chi connectivity index (χ1v) is 5.55. The first-order chi connectivity index (χ1) is 6.33. The van der Waals surface area contributed by atoms with Gasteiger partial charge in [0.25, 0.3) is 0 Å². The van der Waals surface area contributed by atoms with Crippen molar-refractivity contribution in [3.05, 3.63) is 57.7 Å². The second-order valence-corrected chi connectivity index (χ2v) is 3.65. The van der Waals surface area contributed by atoms with Crippen molar-refractivity contribution in [1.82, 2.24) is 0 Å². The summed E-state index contributed by atoms with van der Waals surface area (Å²) < 4.78 is 2.04. The van der Waals surface area contributed by atoms with E-state index in [0.717, 1.165) is 6.42 Å². The van der Waals surface area contributed by atoms with E-state index in [0.29, 0.717) is 0 Å². The molecule has 0 saturated carbocycles. The van der Waals surface area contributed by atoms with E-state index in [-0.39, 0.29) is 0 Å². The molecule has 1 rings (SSSR count). The normalized spacial score (nSPS) is 12.3. The van der Waals surface area contributed by atoms with Crippen LogP contribution in [0.2, 0.25) is 0 Å². The van der Waals surface area contributed by atoms with Gasteiger partial charge in [0.05, 0.1) is 0 Å². The summed E-state index contributed by atoms with van der Waals surface area (Å²) in [6.45, 7) is 2.12. The molecule has 1 aromatic rings. The van der Waals surface area contributed by atoms with Crippen LogP contribution in [0.1, 0.15) is 12.5 Å². The van der Waals surface area contributed by atoms with E-state index in [2.05, 4.69) is 65.9 Å². The highest BCUT2D eigenvalue weighted by Crippen LogP contribution is 2.04. The molecule has 1 aromatic carbocycles. The Bertz CT molecular complexity index is 296. The van der Waals surface area contributed by atoms with Crippen LogP contribution in [0.15, 0.2) is 52.1 Å². The molecule has 0 radical (unpaired) electrons. The van der Waals surface area contributed by atoms with E-state index in [1.165, 1.54) is 11.1 Å². The van der Waals surface area contributed by atoms with Crippen LogP contribution in [0.25, 0.3) is 0 Å². The number of rotatable bonds is 3. The van der Waals surface area contributed by atoms with Gasteiger partial charge in [-0.3, -0.25) is 0 Å². The summed E-state index contributed by atoms with van der Waals surface area (Å²) in [4.78, 5) is 0. The Hall–Kier alpha value is -0.570. The van der Waals surface area contributed by atoms with E-state index in [1.807, 2.05) is 10.1 Å². The summed E-state index contributed by atoms with van der Waals surface area (Å²) in [6.07, 6.45) is 5.38. The van der Waals surface area contributed by atoms with Gasteiger partial charge in [-0.05, 0) is 23.0 Å². The minimum absolute atomic E-state index is 1.02. The van der Waals surface area contributed by atoms with E-state index >= 15 is 0 Å². The maximum absolute atomic E-state index is 2.24. The van der Waals surface area contributed by atoms with Gasteiger partial charge in [-0.2, -0.15) is 0 Å². The maximum atomic E-state index is 2.24. The third-order valence-electron chi connectivity index (χ3n) is 1.83. The second-order valence-electron chi connectivity index (χ2n) is 2.93. The Kier molecular flexibility index (Phi) is 4.83. The fourth-order valence-corrected chi connectivity index (χ4v) is 1.63.